The fourth-order valence-electron chi connectivity index (χ4n) is 1.72. The van der Waals surface area contributed by atoms with Crippen LogP contribution in [0.3, 0.4) is 0 Å². The molecule has 0 atom stereocenters. The first-order chi connectivity index (χ1) is 9.72. The Balaban J connectivity index is 2.20. The third kappa shape index (κ3) is 3.22. The average molecular weight is 270 g/mol. The molecule has 0 bridgehead atoms. The molecule has 6 nitrogen and oxygen atoms in total. The summed E-state index contributed by atoms with van der Waals surface area (Å²) >= 11 is 0. The van der Waals surface area contributed by atoms with E-state index in [1.54, 1.807) is 31.3 Å². The Morgan fingerprint density at radius 2 is 2.25 bits per heavy atom. The highest BCUT2D eigenvalue weighted by atomic mass is 16.2. The topological polar surface area (TPSA) is 82.1 Å². The number of carbonyl (C=O) groups excluding carboxylic acids is 1. The van der Waals surface area contributed by atoms with Gasteiger partial charge in [0.15, 0.2) is 0 Å². The molecule has 0 saturated heterocycles. The van der Waals surface area contributed by atoms with E-state index in [1.165, 1.54) is 11.2 Å². The third-order valence-corrected chi connectivity index (χ3v) is 2.66. The van der Waals surface area contributed by atoms with Crippen LogP contribution in [-0.2, 0) is 6.54 Å². The quantitative estimate of drug-likeness (QED) is 0.792. The summed E-state index contributed by atoms with van der Waals surface area (Å²) < 4.78 is 0. The Hall–Kier alpha value is -2.65. The second-order valence-electron chi connectivity index (χ2n) is 4.10. The second kappa shape index (κ2) is 6.50. The number of nitrogens with zero attached hydrogens (tertiary/aromatic N) is 3. The number of carbonyl (C=O) groups is 1. The fourth-order valence-corrected chi connectivity index (χ4v) is 1.72. The maximum Gasteiger partial charge on any atom is 0.255 e. The molecule has 0 fully saturated rings. The number of hydrogen-bond donors (Lipinski definition) is 2. The van der Waals surface area contributed by atoms with E-state index in [0.29, 0.717) is 23.5 Å². The molecular formula is C14H14N4O2. The van der Waals surface area contributed by atoms with Crippen LogP contribution in [0, 0.1) is 11.8 Å². The average Bonchev–Trinajstić information content (AvgIpc) is 2.97. The van der Waals surface area contributed by atoms with Crippen LogP contribution < -0.4 is 0 Å². The minimum atomic E-state index is -0.240. The lowest BCUT2D eigenvalue weighted by atomic mass is 10.1. The van der Waals surface area contributed by atoms with Crippen molar-refractivity contribution in [1.29, 1.82) is 0 Å². The molecule has 0 spiro atoms. The maximum absolute atomic E-state index is 12.4. The van der Waals surface area contributed by atoms with Gasteiger partial charge in [0.1, 0.15) is 18.8 Å². The Kier molecular flexibility index (Phi) is 4.47. The summed E-state index contributed by atoms with van der Waals surface area (Å²) in [5.41, 5.74) is 1.09. The number of H-pyrrole nitrogens is 1. The van der Waals surface area contributed by atoms with Crippen molar-refractivity contribution < 1.29 is 9.90 Å². The summed E-state index contributed by atoms with van der Waals surface area (Å²) in [6.45, 7) is 0.0943. The molecule has 0 saturated carbocycles. The Bertz CT molecular complexity index is 641. The van der Waals surface area contributed by atoms with Gasteiger partial charge in [-0.3, -0.25) is 9.89 Å². The number of benzene rings is 1. The van der Waals surface area contributed by atoms with E-state index < -0.39 is 0 Å². The van der Waals surface area contributed by atoms with Crippen molar-refractivity contribution in [3.63, 3.8) is 0 Å². The predicted octanol–water partition coefficient (Wildman–Crippen LogP) is 0.421. The molecule has 1 heterocycles. The zero-order valence-electron chi connectivity index (χ0n) is 11.0. The van der Waals surface area contributed by atoms with Crippen LogP contribution in [0.2, 0.25) is 0 Å². The van der Waals surface area contributed by atoms with Crippen LogP contribution in [-0.4, -0.2) is 44.7 Å². The van der Waals surface area contributed by atoms with Gasteiger partial charge in [0, 0.05) is 12.6 Å². The van der Waals surface area contributed by atoms with E-state index in [1.807, 2.05) is 0 Å². The lowest BCUT2D eigenvalue weighted by Crippen LogP contribution is -2.27. The summed E-state index contributed by atoms with van der Waals surface area (Å²) in [6, 6.07) is 7.03. The summed E-state index contributed by atoms with van der Waals surface area (Å²) in [4.78, 5) is 17.9. The summed E-state index contributed by atoms with van der Waals surface area (Å²) in [7, 11) is 1.68. The van der Waals surface area contributed by atoms with Gasteiger partial charge in [0.05, 0.1) is 12.1 Å². The van der Waals surface area contributed by atoms with Gasteiger partial charge in [0.2, 0.25) is 0 Å². The monoisotopic (exact) mass is 270 g/mol. The number of rotatable bonds is 3. The van der Waals surface area contributed by atoms with E-state index >= 15 is 0 Å². The lowest BCUT2D eigenvalue weighted by Gasteiger charge is -2.16. The normalized spacial score (nSPS) is 9.70. The molecule has 20 heavy (non-hydrogen) atoms. The van der Waals surface area contributed by atoms with Crippen LogP contribution in [0.15, 0.2) is 30.6 Å². The number of aliphatic hydroxyl groups is 1. The van der Waals surface area contributed by atoms with Gasteiger partial charge < -0.3 is 10.0 Å². The molecular weight excluding hydrogens is 256 g/mol. The first-order valence-electron chi connectivity index (χ1n) is 6.01. The molecule has 2 N–H and O–H groups in total. The van der Waals surface area contributed by atoms with Crippen molar-refractivity contribution in [3.05, 3.63) is 47.5 Å². The van der Waals surface area contributed by atoms with Crippen molar-refractivity contribution >= 4 is 5.91 Å². The third-order valence-electron chi connectivity index (χ3n) is 2.66. The molecule has 0 aliphatic carbocycles. The van der Waals surface area contributed by atoms with Crippen molar-refractivity contribution in [2.75, 3.05) is 13.7 Å². The van der Waals surface area contributed by atoms with E-state index in [9.17, 15) is 4.79 Å². The molecule has 0 aliphatic rings. The molecule has 0 radical (unpaired) electrons. The molecule has 1 aromatic carbocycles. The first kappa shape index (κ1) is 13.8. The van der Waals surface area contributed by atoms with Crippen LogP contribution in [0.25, 0.3) is 0 Å². The fraction of sp³-hybridized carbons (Fsp3) is 0.214. The van der Waals surface area contributed by atoms with Gasteiger partial charge in [-0.15, -0.1) is 0 Å². The molecule has 2 aromatic rings. The van der Waals surface area contributed by atoms with Crippen molar-refractivity contribution in [2.45, 2.75) is 6.54 Å². The smallest absolute Gasteiger partial charge is 0.255 e. The molecule has 1 aromatic heterocycles. The van der Waals surface area contributed by atoms with Crippen molar-refractivity contribution in [2.24, 2.45) is 0 Å². The molecule has 0 unspecified atom stereocenters. The highest BCUT2D eigenvalue weighted by molar-refractivity contribution is 5.96. The summed E-state index contributed by atoms with van der Waals surface area (Å²) in [6.07, 6.45) is 1.40. The predicted molar refractivity (Wildman–Crippen MR) is 72.6 cm³/mol. The number of aromatic nitrogens is 3. The van der Waals surface area contributed by atoms with Crippen LogP contribution in [0.4, 0.5) is 0 Å². The molecule has 0 aliphatic heterocycles. The summed E-state index contributed by atoms with van der Waals surface area (Å²) in [5, 5.41) is 15.2. The number of amides is 1. The van der Waals surface area contributed by atoms with Gasteiger partial charge in [-0.1, -0.05) is 24.0 Å². The highest BCUT2D eigenvalue weighted by Crippen LogP contribution is 2.11. The SMILES string of the molecule is CN(Cc1ncn[nH]1)C(=O)c1ccccc1C#CCO. The summed E-state index contributed by atoms with van der Waals surface area (Å²) in [5.74, 6) is 5.77. The first-order valence-corrected chi connectivity index (χ1v) is 6.01. The van der Waals surface area contributed by atoms with Gasteiger partial charge in [-0.2, -0.15) is 5.10 Å². The number of aliphatic hydroxyl groups excluding tert-OH is 1. The Morgan fingerprint density at radius 1 is 1.45 bits per heavy atom. The maximum atomic E-state index is 12.4. The van der Waals surface area contributed by atoms with Crippen LogP contribution >= 0.6 is 0 Å². The minimum Gasteiger partial charge on any atom is -0.384 e. The molecule has 102 valence electrons. The lowest BCUT2D eigenvalue weighted by molar-refractivity contribution is 0.0781. The van der Waals surface area contributed by atoms with Crippen molar-refractivity contribution in [1.82, 2.24) is 20.1 Å². The van der Waals surface area contributed by atoms with E-state index in [2.05, 4.69) is 27.0 Å². The zero-order chi connectivity index (χ0) is 14.4. The largest absolute Gasteiger partial charge is 0.384 e. The Morgan fingerprint density at radius 3 is 2.95 bits per heavy atom. The van der Waals surface area contributed by atoms with E-state index in [4.69, 9.17) is 5.11 Å². The van der Waals surface area contributed by atoms with E-state index in [0.717, 1.165) is 0 Å². The number of hydrogen-bond acceptors (Lipinski definition) is 4. The zero-order valence-corrected chi connectivity index (χ0v) is 11.0. The molecule has 6 heteroatoms. The van der Waals surface area contributed by atoms with Gasteiger partial charge in [-0.05, 0) is 12.1 Å². The van der Waals surface area contributed by atoms with Gasteiger partial charge in [0.25, 0.3) is 5.91 Å². The minimum absolute atomic E-state index is 0.163. The Labute approximate surface area is 116 Å². The standard InChI is InChI=1S/C14H14N4O2/c1-18(9-13-15-10-16-17-13)14(20)12-7-3-2-5-11(12)6-4-8-19/h2-3,5,7,10,19H,8-9H2,1H3,(H,15,16,17). The second-order valence-corrected chi connectivity index (χ2v) is 4.10. The van der Waals surface area contributed by atoms with E-state index in [-0.39, 0.29) is 12.5 Å². The highest BCUT2D eigenvalue weighted by Gasteiger charge is 2.15. The van der Waals surface area contributed by atoms with Crippen LogP contribution in [0.1, 0.15) is 21.7 Å². The molecule has 1 amide bonds. The molecule has 2 rings (SSSR count). The van der Waals surface area contributed by atoms with Crippen molar-refractivity contribution in [3.8, 4) is 11.8 Å². The van der Waals surface area contributed by atoms with Gasteiger partial charge in [-0.25, -0.2) is 4.98 Å². The van der Waals surface area contributed by atoms with Gasteiger partial charge >= 0.3 is 0 Å². The number of nitrogens with one attached hydrogen (secondary N) is 1. The van der Waals surface area contributed by atoms with Crippen LogP contribution in [0.5, 0.6) is 0 Å². The number of aromatic amines is 1.